The number of hydrogen-bond acceptors (Lipinski definition) is 8. The Morgan fingerprint density at radius 1 is 1.32 bits per heavy atom. The van der Waals surface area contributed by atoms with Crippen LogP contribution in [0.2, 0.25) is 0 Å². The van der Waals surface area contributed by atoms with Crippen LogP contribution in [0.25, 0.3) is 0 Å². The second kappa shape index (κ2) is 11.6. The molecule has 0 aromatic carbocycles. The average Bonchev–Trinajstić information content (AvgIpc) is 2.37. The Labute approximate surface area is 111 Å². The number of nitrogens with one attached hydrogen (secondary N) is 1. The van der Waals surface area contributed by atoms with Gasteiger partial charge in [-0.05, 0) is 19.4 Å². The predicted molar refractivity (Wildman–Crippen MR) is 67.7 cm³/mol. The number of hydrogen-bond donors (Lipinski definition) is 3. The Kier molecular flexibility index (Phi) is 10.7. The molecule has 0 rings (SSSR count). The largest absolute Gasteiger partial charge is 0.463 e. The molecule has 112 valence electrons. The molecule has 19 heavy (non-hydrogen) atoms. The minimum absolute atomic E-state index is 0.0421. The van der Waals surface area contributed by atoms with Crippen LogP contribution in [0.4, 0.5) is 0 Å². The van der Waals surface area contributed by atoms with Crippen molar-refractivity contribution in [2.75, 3.05) is 32.8 Å². The number of rotatable bonds is 12. The van der Waals surface area contributed by atoms with Gasteiger partial charge < -0.3 is 26.4 Å². The van der Waals surface area contributed by atoms with Gasteiger partial charge >= 0.3 is 5.97 Å². The third kappa shape index (κ3) is 11.4. The molecule has 0 spiro atoms. The van der Waals surface area contributed by atoms with Crippen LogP contribution in [0.15, 0.2) is 0 Å². The van der Waals surface area contributed by atoms with Crippen LogP contribution in [0.3, 0.4) is 0 Å². The summed E-state index contributed by atoms with van der Waals surface area (Å²) in [6.07, 6.45) is 2.18. The Balaban J connectivity index is 3.39. The van der Waals surface area contributed by atoms with Crippen LogP contribution in [-0.4, -0.2) is 49.9 Å². The van der Waals surface area contributed by atoms with E-state index >= 15 is 0 Å². The van der Waals surface area contributed by atoms with Gasteiger partial charge in [0.25, 0.3) is 5.09 Å². The molecule has 0 saturated heterocycles. The predicted octanol–water partition coefficient (Wildman–Crippen LogP) is -1.22. The van der Waals surface area contributed by atoms with Crippen molar-refractivity contribution < 1.29 is 19.5 Å². The van der Waals surface area contributed by atoms with Gasteiger partial charge in [-0.3, -0.25) is 4.79 Å². The van der Waals surface area contributed by atoms with Crippen molar-refractivity contribution in [3.63, 3.8) is 0 Å². The zero-order chi connectivity index (χ0) is 14.5. The van der Waals surface area contributed by atoms with Crippen molar-refractivity contribution in [1.82, 2.24) is 5.32 Å². The van der Waals surface area contributed by atoms with E-state index in [4.69, 9.17) is 16.2 Å². The molecule has 1 unspecified atom stereocenters. The van der Waals surface area contributed by atoms with Crippen molar-refractivity contribution in [2.24, 2.45) is 11.5 Å². The van der Waals surface area contributed by atoms with Crippen molar-refractivity contribution in [3.05, 3.63) is 10.1 Å². The normalized spacial score (nSPS) is 11.9. The van der Waals surface area contributed by atoms with Gasteiger partial charge in [-0.2, -0.15) is 0 Å². The standard InChI is InChI=1S/C10H22N4O5/c11-4-2-1-3-9(12)10(15)18-7-5-13-6-8-19-14(16)17/h9,13H,1-8,11-12H2. The van der Waals surface area contributed by atoms with Gasteiger partial charge in [0, 0.05) is 13.1 Å². The number of ether oxygens (including phenoxy) is 1. The monoisotopic (exact) mass is 278 g/mol. The summed E-state index contributed by atoms with van der Waals surface area (Å²) in [5.41, 5.74) is 11.0. The van der Waals surface area contributed by atoms with E-state index in [-0.39, 0.29) is 13.2 Å². The van der Waals surface area contributed by atoms with Crippen molar-refractivity contribution in [1.29, 1.82) is 0 Å². The number of nitrogens with two attached hydrogens (primary N) is 2. The first-order valence-corrected chi connectivity index (χ1v) is 6.18. The van der Waals surface area contributed by atoms with Crippen LogP contribution in [0, 0.1) is 10.1 Å². The van der Waals surface area contributed by atoms with Gasteiger partial charge in [-0.25, -0.2) is 0 Å². The molecule has 0 aromatic heterocycles. The lowest BCUT2D eigenvalue weighted by Crippen LogP contribution is -2.34. The Morgan fingerprint density at radius 2 is 2.00 bits per heavy atom. The maximum atomic E-state index is 11.4. The number of nitrogens with zero attached hydrogens (tertiary/aromatic N) is 1. The Hall–Kier alpha value is -1.45. The van der Waals surface area contributed by atoms with E-state index in [0.29, 0.717) is 26.1 Å². The minimum Gasteiger partial charge on any atom is -0.463 e. The maximum Gasteiger partial charge on any atom is 0.322 e. The fourth-order valence-electron chi connectivity index (χ4n) is 1.27. The molecule has 1 atom stereocenters. The van der Waals surface area contributed by atoms with Crippen LogP contribution < -0.4 is 16.8 Å². The van der Waals surface area contributed by atoms with Crippen LogP contribution in [0.1, 0.15) is 19.3 Å². The van der Waals surface area contributed by atoms with E-state index < -0.39 is 17.1 Å². The quantitative estimate of drug-likeness (QED) is 0.174. The second-order valence-corrected chi connectivity index (χ2v) is 3.87. The first-order chi connectivity index (χ1) is 9.07. The maximum absolute atomic E-state index is 11.4. The highest BCUT2D eigenvalue weighted by atomic mass is 16.9. The fraction of sp³-hybridized carbons (Fsp3) is 0.900. The third-order valence-electron chi connectivity index (χ3n) is 2.27. The summed E-state index contributed by atoms with van der Waals surface area (Å²) < 4.78 is 4.93. The van der Waals surface area contributed by atoms with Crippen LogP contribution >= 0.6 is 0 Å². The molecular formula is C10H22N4O5. The molecule has 9 heteroatoms. The molecule has 5 N–H and O–H groups in total. The number of carbonyl (C=O) groups is 1. The fourth-order valence-corrected chi connectivity index (χ4v) is 1.27. The van der Waals surface area contributed by atoms with Crippen molar-refractivity contribution in [3.8, 4) is 0 Å². The SMILES string of the molecule is NCCCCC(N)C(=O)OCCNCCO[N+](=O)[O-]. The van der Waals surface area contributed by atoms with Gasteiger partial charge in [0.15, 0.2) is 0 Å². The average molecular weight is 278 g/mol. The molecule has 0 aliphatic carbocycles. The Bertz CT molecular complexity index is 264. The molecule has 0 radical (unpaired) electrons. The summed E-state index contributed by atoms with van der Waals surface area (Å²) >= 11 is 0. The summed E-state index contributed by atoms with van der Waals surface area (Å²) in [4.78, 5) is 25.3. The molecule has 0 bridgehead atoms. The molecular weight excluding hydrogens is 256 g/mol. The van der Waals surface area contributed by atoms with E-state index in [1.807, 2.05) is 0 Å². The third-order valence-corrected chi connectivity index (χ3v) is 2.27. The summed E-state index contributed by atoms with van der Waals surface area (Å²) in [5, 5.41) is 11.8. The van der Waals surface area contributed by atoms with E-state index in [1.165, 1.54) is 0 Å². The van der Waals surface area contributed by atoms with E-state index in [9.17, 15) is 14.9 Å². The van der Waals surface area contributed by atoms with Crippen molar-refractivity contribution in [2.45, 2.75) is 25.3 Å². The molecule has 0 fully saturated rings. The molecule has 0 aliphatic rings. The minimum atomic E-state index is -0.859. The summed E-state index contributed by atoms with van der Waals surface area (Å²) in [6.45, 7) is 1.41. The van der Waals surface area contributed by atoms with Gasteiger partial charge in [0.2, 0.25) is 0 Å². The highest BCUT2D eigenvalue weighted by Crippen LogP contribution is 1.99. The highest BCUT2D eigenvalue weighted by molar-refractivity contribution is 5.75. The highest BCUT2D eigenvalue weighted by Gasteiger charge is 2.13. The zero-order valence-corrected chi connectivity index (χ0v) is 10.9. The Morgan fingerprint density at radius 3 is 2.63 bits per heavy atom. The lowest BCUT2D eigenvalue weighted by atomic mass is 10.1. The number of carbonyl (C=O) groups excluding carboxylic acids is 1. The smallest absolute Gasteiger partial charge is 0.322 e. The molecule has 9 nitrogen and oxygen atoms in total. The lowest BCUT2D eigenvalue weighted by Gasteiger charge is -2.11. The molecule has 0 heterocycles. The summed E-state index contributed by atoms with van der Waals surface area (Å²) in [5.74, 6) is -0.444. The zero-order valence-electron chi connectivity index (χ0n) is 10.9. The van der Waals surface area contributed by atoms with Crippen molar-refractivity contribution >= 4 is 5.97 Å². The first-order valence-electron chi connectivity index (χ1n) is 6.18. The summed E-state index contributed by atoms with van der Waals surface area (Å²) in [7, 11) is 0. The molecule has 0 aliphatic heterocycles. The molecule has 0 amide bonds. The van der Waals surface area contributed by atoms with E-state index in [2.05, 4.69) is 10.2 Å². The number of unbranched alkanes of at least 4 members (excludes halogenated alkanes) is 1. The molecule has 0 saturated carbocycles. The number of esters is 1. The van der Waals surface area contributed by atoms with E-state index in [1.54, 1.807) is 0 Å². The summed E-state index contributed by atoms with van der Waals surface area (Å²) in [6, 6.07) is -0.621. The van der Waals surface area contributed by atoms with Crippen LogP contribution in [0.5, 0.6) is 0 Å². The van der Waals surface area contributed by atoms with Gasteiger partial charge in [-0.1, -0.05) is 6.42 Å². The first kappa shape index (κ1) is 17.6. The lowest BCUT2D eigenvalue weighted by molar-refractivity contribution is -0.757. The van der Waals surface area contributed by atoms with E-state index in [0.717, 1.165) is 12.8 Å². The van der Waals surface area contributed by atoms with Crippen LogP contribution in [-0.2, 0) is 14.4 Å². The molecule has 0 aromatic rings. The topological polar surface area (TPSA) is 143 Å². The van der Waals surface area contributed by atoms with Gasteiger partial charge in [-0.15, -0.1) is 10.1 Å². The van der Waals surface area contributed by atoms with Gasteiger partial charge in [0.05, 0.1) is 0 Å². The van der Waals surface area contributed by atoms with Gasteiger partial charge in [0.1, 0.15) is 19.3 Å². The second-order valence-electron chi connectivity index (χ2n) is 3.87.